The Morgan fingerprint density at radius 1 is 0.939 bits per heavy atom. The van der Waals surface area contributed by atoms with Crippen LogP contribution in [0.5, 0.6) is 11.5 Å². The van der Waals surface area contributed by atoms with Gasteiger partial charge in [0.05, 0.1) is 24.8 Å². The summed E-state index contributed by atoms with van der Waals surface area (Å²) in [5, 5.41) is 13.1. The summed E-state index contributed by atoms with van der Waals surface area (Å²) in [7, 11) is 1.33. The van der Waals surface area contributed by atoms with Gasteiger partial charge in [-0.2, -0.15) is 0 Å². The van der Waals surface area contributed by atoms with E-state index in [1.165, 1.54) is 18.4 Å². The number of esters is 1. The first kappa shape index (κ1) is 22.0. The van der Waals surface area contributed by atoms with Gasteiger partial charge in [0.25, 0.3) is 0 Å². The van der Waals surface area contributed by atoms with Crippen LogP contribution in [0.2, 0.25) is 0 Å². The molecule has 0 amide bonds. The van der Waals surface area contributed by atoms with E-state index in [0.29, 0.717) is 27.0 Å². The molecular weight excluding hydrogens is 440 g/mol. The molecule has 0 unspecified atom stereocenters. The average molecular weight is 461 g/mol. The molecule has 0 saturated carbocycles. The maximum Gasteiger partial charge on any atom is 0.337 e. The molecule has 3 aromatic carbocycles. The fourth-order valence-corrected chi connectivity index (χ4v) is 4.12. The molecule has 0 aliphatic carbocycles. The Morgan fingerprint density at radius 3 is 2.24 bits per heavy atom. The molecule has 8 heteroatoms. The van der Waals surface area contributed by atoms with Crippen LogP contribution in [0.1, 0.15) is 15.2 Å². The van der Waals surface area contributed by atoms with Gasteiger partial charge in [0.1, 0.15) is 11.5 Å². The zero-order valence-electron chi connectivity index (χ0n) is 17.6. The van der Waals surface area contributed by atoms with E-state index in [4.69, 9.17) is 9.47 Å². The molecule has 7 nitrogen and oxygen atoms in total. The molecule has 0 spiro atoms. The molecular formula is C25H20N2O5S. The zero-order chi connectivity index (χ0) is 23.2. The molecule has 0 bridgehead atoms. The fraction of sp³-hybridized carbons (Fsp3) is 0.0800. The normalized spacial score (nSPS) is 10.5. The molecule has 33 heavy (non-hydrogen) atoms. The van der Waals surface area contributed by atoms with Crippen LogP contribution in [-0.4, -0.2) is 29.1 Å². The van der Waals surface area contributed by atoms with Crippen molar-refractivity contribution in [2.45, 2.75) is 6.42 Å². The van der Waals surface area contributed by atoms with Gasteiger partial charge in [0.2, 0.25) is 0 Å². The number of carboxylic acids is 1. The van der Waals surface area contributed by atoms with Crippen LogP contribution in [0.4, 0.5) is 10.8 Å². The molecule has 166 valence electrons. The first-order chi connectivity index (χ1) is 16.0. The summed E-state index contributed by atoms with van der Waals surface area (Å²) in [6, 6.07) is 23.6. The maximum absolute atomic E-state index is 11.6. The second kappa shape index (κ2) is 9.97. The van der Waals surface area contributed by atoms with E-state index >= 15 is 0 Å². The summed E-state index contributed by atoms with van der Waals surface area (Å²) in [5.74, 6) is 0.0543. The summed E-state index contributed by atoms with van der Waals surface area (Å²) in [6.07, 6.45) is -0.141. The topological polar surface area (TPSA) is 97.8 Å². The minimum absolute atomic E-state index is 0.141. The number of para-hydroxylation sites is 1. The van der Waals surface area contributed by atoms with Crippen LogP contribution < -0.4 is 10.1 Å². The van der Waals surface area contributed by atoms with Crippen LogP contribution in [-0.2, 0) is 16.0 Å². The quantitative estimate of drug-likeness (QED) is 0.323. The standard InChI is InChI=1S/C25H20N2O5S/c1-31-24(30)17-7-11-18(12-8-17)26-25-27-23(21(33-25)15-22(28)29)16-9-13-20(14-10-16)32-19-5-3-2-4-6-19/h2-14H,15H2,1H3,(H,26,27)(H,28,29). The van der Waals surface area contributed by atoms with Crippen molar-refractivity contribution in [1.29, 1.82) is 0 Å². The number of carbonyl (C=O) groups excluding carboxylic acids is 1. The van der Waals surface area contributed by atoms with Crippen molar-refractivity contribution in [2.75, 3.05) is 12.4 Å². The predicted octanol–water partition coefficient (Wildman–Crippen LogP) is 5.76. The lowest BCUT2D eigenvalue weighted by atomic mass is 10.1. The molecule has 0 atom stereocenters. The lowest BCUT2D eigenvalue weighted by Crippen LogP contribution is -2.00. The number of carboxylic acid groups (broad SMARTS) is 1. The minimum atomic E-state index is -0.932. The zero-order valence-corrected chi connectivity index (χ0v) is 18.5. The molecule has 0 radical (unpaired) electrons. The van der Waals surface area contributed by atoms with Crippen LogP contribution in [0.3, 0.4) is 0 Å². The number of hydrogen-bond donors (Lipinski definition) is 2. The highest BCUT2D eigenvalue weighted by Gasteiger charge is 2.16. The van der Waals surface area contributed by atoms with E-state index in [9.17, 15) is 14.7 Å². The lowest BCUT2D eigenvalue weighted by molar-refractivity contribution is -0.136. The number of nitrogens with one attached hydrogen (secondary N) is 1. The van der Waals surface area contributed by atoms with Gasteiger partial charge in [-0.05, 0) is 60.7 Å². The smallest absolute Gasteiger partial charge is 0.337 e. The number of thiazole rings is 1. The average Bonchev–Trinajstić information content (AvgIpc) is 3.21. The van der Waals surface area contributed by atoms with E-state index in [0.717, 1.165) is 17.0 Å². The lowest BCUT2D eigenvalue weighted by Gasteiger charge is -2.06. The van der Waals surface area contributed by atoms with E-state index in [1.807, 2.05) is 54.6 Å². The van der Waals surface area contributed by atoms with Gasteiger partial charge in [0.15, 0.2) is 5.13 Å². The van der Waals surface area contributed by atoms with Gasteiger partial charge in [0, 0.05) is 16.1 Å². The van der Waals surface area contributed by atoms with Gasteiger partial charge in [-0.25, -0.2) is 9.78 Å². The number of nitrogens with zero attached hydrogens (tertiary/aromatic N) is 1. The van der Waals surface area contributed by atoms with E-state index in [-0.39, 0.29) is 6.42 Å². The highest BCUT2D eigenvalue weighted by atomic mass is 32.1. The Hall–Kier alpha value is -4.17. The molecule has 1 heterocycles. The van der Waals surface area contributed by atoms with Crippen LogP contribution in [0, 0.1) is 0 Å². The molecule has 1 aromatic heterocycles. The maximum atomic E-state index is 11.6. The number of methoxy groups -OCH3 is 1. The number of ether oxygens (including phenoxy) is 2. The predicted molar refractivity (Wildman–Crippen MR) is 126 cm³/mol. The number of rotatable bonds is 8. The van der Waals surface area contributed by atoms with Crippen LogP contribution in [0.25, 0.3) is 11.3 Å². The summed E-state index contributed by atoms with van der Waals surface area (Å²) >= 11 is 1.27. The number of anilines is 2. The minimum Gasteiger partial charge on any atom is -0.481 e. The SMILES string of the molecule is COC(=O)c1ccc(Nc2nc(-c3ccc(Oc4ccccc4)cc3)c(CC(=O)O)s2)cc1. The molecule has 0 fully saturated rings. The molecule has 4 aromatic rings. The first-order valence-electron chi connectivity index (χ1n) is 10.0. The van der Waals surface area contributed by atoms with E-state index < -0.39 is 11.9 Å². The fourth-order valence-electron chi connectivity index (χ4n) is 3.12. The van der Waals surface area contributed by atoms with Gasteiger partial charge < -0.3 is 19.9 Å². The Morgan fingerprint density at radius 2 is 1.61 bits per heavy atom. The van der Waals surface area contributed by atoms with Crippen molar-refractivity contribution >= 4 is 34.1 Å². The van der Waals surface area contributed by atoms with Gasteiger partial charge in [-0.15, -0.1) is 11.3 Å². The Balaban J connectivity index is 1.56. The Bertz CT molecular complexity index is 1250. The van der Waals surface area contributed by atoms with E-state index in [2.05, 4.69) is 10.3 Å². The Labute approximate surface area is 194 Å². The number of aromatic nitrogens is 1. The van der Waals surface area contributed by atoms with Crippen molar-refractivity contribution in [1.82, 2.24) is 4.98 Å². The van der Waals surface area contributed by atoms with Crippen molar-refractivity contribution in [3.8, 4) is 22.8 Å². The van der Waals surface area contributed by atoms with Crippen molar-refractivity contribution in [3.05, 3.63) is 89.3 Å². The number of carbonyl (C=O) groups is 2. The summed E-state index contributed by atoms with van der Waals surface area (Å²) in [4.78, 5) is 28.3. The van der Waals surface area contributed by atoms with Crippen molar-refractivity contribution < 1.29 is 24.2 Å². The third kappa shape index (κ3) is 5.55. The summed E-state index contributed by atoms with van der Waals surface area (Å²) in [6.45, 7) is 0. The monoisotopic (exact) mass is 460 g/mol. The summed E-state index contributed by atoms with van der Waals surface area (Å²) in [5.41, 5.74) is 2.54. The third-order valence-corrected chi connectivity index (χ3v) is 5.64. The molecule has 0 saturated heterocycles. The first-order valence-corrected chi connectivity index (χ1v) is 10.8. The van der Waals surface area contributed by atoms with Gasteiger partial charge >= 0.3 is 11.9 Å². The number of benzene rings is 3. The highest BCUT2D eigenvalue weighted by molar-refractivity contribution is 7.16. The second-order valence-corrected chi connectivity index (χ2v) is 8.08. The van der Waals surface area contributed by atoms with Crippen molar-refractivity contribution in [2.24, 2.45) is 0 Å². The largest absolute Gasteiger partial charge is 0.481 e. The highest BCUT2D eigenvalue weighted by Crippen LogP contribution is 2.34. The molecule has 2 N–H and O–H groups in total. The molecule has 4 rings (SSSR count). The summed E-state index contributed by atoms with van der Waals surface area (Å²) < 4.78 is 10.5. The van der Waals surface area contributed by atoms with Gasteiger partial charge in [-0.3, -0.25) is 4.79 Å². The molecule has 0 aliphatic heterocycles. The number of aliphatic carboxylic acids is 1. The van der Waals surface area contributed by atoms with E-state index in [1.54, 1.807) is 24.3 Å². The van der Waals surface area contributed by atoms with Crippen LogP contribution in [0.15, 0.2) is 78.9 Å². The van der Waals surface area contributed by atoms with Gasteiger partial charge in [-0.1, -0.05) is 18.2 Å². The van der Waals surface area contributed by atoms with Crippen molar-refractivity contribution in [3.63, 3.8) is 0 Å². The second-order valence-electron chi connectivity index (χ2n) is 6.99. The number of hydrogen-bond acceptors (Lipinski definition) is 7. The third-order valence-electron chi connectivity index (χ3n) is 4.67. The Kier molecular flexibility index (Phi) is 6.66. The molecule has 0 aliphatic rings. The van der Waals surface area contributed by atoms with Crippen LogP contribution >= 0.6 is 11.3 Å².